The SMILES string of the molecule is CCn1c(Sc2cc(C(=O)OC)ccn2)n[nH]c1=O. The van der Waals surface area contributed by atoms with Crippen LogP contribution in [0.25, 0.3) is 0 Å². The first-order valence-electron chi connectivity index (χ1n) is 5.53. The Balaban J connectivity index is 2.28. The van der Waals surface area contributed by atoms with Crippen molar-refractivity contribution in [3.63, 3.8) is 0 Å². The van der Waals surface area contributed by atoms with Gasteiger partial charge in [-0.15, -0.1) is 5.10 Å². The molecular formula is C11H12N4O3S. The van der Waals surface area contributed by atoms with Gasteiger partial charge in [0.25, 0.3) is 0 Å². The van der Waals surface area contributed by atoms with Gasteiger partial charge in [0, 0.05) is 12.7 Å². The van der Waals surface area contributed by atoms with Crippen LogP contribution in [0, 0.1) is 0 Å². The standard InChI is InChI=1S/C11H12N4O3S/c1-3-15-10(17)13-14-11(15)19-8-6-7(4-5-12-8)9(16)18-2/h4-6H,3H2,1-2H3,(H,13,17). The van der Waals surface area contributed by atoms with E-state index in [4.69, 9.17) is 0 Å². The van der Waals surface area contributed by atoms with Gasteiger partial charge in [-0.1, -0.05) is 0 Å². The van der Waals surface area contributed by atoms with Crippen LogP contribution in [0.5, 0.6) is 0 Å². The Hall–Kier alpha value is -2.09. The fourth-order valence-corrected chi connectivity index (χ4v) is 2.36. The van der Waals surface area contributed by atoms with E-state index in [2.05, 4.69) is 19.9 Å². The molecule has 2 aromatic rings. The normalized spacial score (nSPS) is 10.4. The number of aromatic nitrogens is 4. The van der Waals surface area contributed by atoms with E-state index in [1.165, 1.54) is 29.6 Å². The number of pyridine rings is 1. The van der Waals surface area contributed by atoms with Crippen LogP contribution >= 0.6 is 11.8 Å². The summed E-state index contributed by atoms with van der Waals surface area (Å²) in [6, 6.07) is 3.16. The van der Waals surface area contributed by atoms with Crippen molar-refractivity contribution in [2.24, 2.45) is 0 Å². The predicted molar refractivity (Wildman–Crippen MR) is 68.2 cm³/mol. The molecular weight excluding hydrogens is 268 g/mol. The van der Waals surface area contributed by atoms with Gasteiger partial charge in [-0.05, 0) is 30.8 Å². The molecule has 0 radical (unpaired) electrons. The Morgan fingerprint density at radius 1 is 1.58 bits per heavy atom. The molecule has 0 bridgehead atoms. The van der Waals surface area contributed by atoms with Crippen LogP contribution in [-0.2, 0) is 11.3 Å². The molecule has 100 valence electrons. The molecule has 2 rings (SSSR count). The lowest BCUT2D eigenvalue weighted by Crippen LogP contribution is -2.16. The van der Waals surface area contributed by atoms with Crippen molar-refractivity contribution in [2.45, 2.75) is 23.7 Å². The highest BCUT2D eigenvalue weighted by Crippen LogP contribution is 2.23. The summed E-state index contributed by atoms with van der Waals surface area (Å²) < 4.78 is 6.12. The molecule has 7 nitrogen and oxygen atoms in total. The van der Waals surface area contributed by atoms with Gasteiger partial charge in [0.1, 0.15) is 5.03 Å². The van der Waals surface area contributed by atoms with E-state index >= 15 is 0 Å². The van der Waals surface area contributed by atoms with Crippen LogP contribution < -0.4 is 5.69 Å². The highest BCUT2D eigenvalue weighted by molar-refractivity contribution is 7.99. The minimum absolute atomic E-state index is 0.269. The first kappa shape index (κ1) is 13.3. The summed E-state index contributed by atoms with van der Waals surface area (Å²) in [6.45, 7) is 2.35. The van der Waals surface area contributed by atoms with Gasteiger partial charge in [-0.2, -0.15) is 0 Å². The van der Waals surface area contributed by atoms with E-state index in [0.29, 0.717) is 22.3 Å². The number of carbonyl (C=O) groups is 1. The number of nitrogens with zero attached hydrogens (tertiary/aromatic N) is 3. The Morgan fingerprint density at radius 2 is 2.37 bits per heavy atom. The average Bonchev–Trinajstić information content (AvgIpc) is 2.78. The van der Waals surface area contributed by atoms with Crippen molar-refractivity contribution in [1.82, 2.24) is 19.7 Å². The van der Waals surface area contributed by atoms with Crippen molar-refractivity contribution < 1.29 is 9.53 Å². The van der Waals surface area contributed by atoms with E-state index in [1.807, 2.05) is 6.92 Å². The Kier molecular flexibility index (Phi) is 4.00. The van der Waals surface area contributed by atoms with E-state index in [9.17, 15) is 9.59 Å². The van der Waals surface area contributed by atoms with Crippen LogP contribution in [0.2, 0.25) is 0 Å². The van der Waals surface area contributed by atoms with E-state index in [0.717, 1.165) is 0 Å². The molecule has 1 N–H and O–H groups in total. The number of esters is 1. The molecule has 2 heterocycles. The molecule has 0 fully saturated rings. The molecule has 0 aromatic carbocycles. The lowest BCUT2D eigenvalue weighted by Gasteiger charge is -2.03. The number of nitrogens with one attached hydrogen (secondary N) is 1. The second-order valence-corrected chi connectivity index (χ2v) is 4.52. The van der Waals surface area contributed by atoms with Crippen LogP contribution in [0.15, 0.2) is 33.3 Å². The Morgan fingerprint density at radius 3 is 3.05 bits per heavy atom. The maximum Gasteiger partial charge on any atom is 0.343 e. The quantitative estimate of drug-likeness (QED) is 0.838. The lowest BCUT2D eigenvalue weighted by atomic mass is 10.3. The molecule has 0 spiro atoms. The topological polar surface area (TPSA) is 89.9 Å². The van der Waals surface area contributed by atoms with Crippen molar-refractivity contribution in [1.29, 1.82) is 0 Å². The largest absolute Gasteiger partial charge is 0.465 e. The summed E-state index contributed by atoms with van der Waals surface area (Å²) in [5, 5.41) is 7.35. The second kappa shape index (κ2) is 5.70. The number of H-pyrrole nitrogens is 1. The number of hydrogen-bond acceptors (Lipinski definition) is 6. The minimum atomic E-state index is -0.431. The zero-order valence-electron chi connectivity index (χ0n) is 10.4. The summed E-state index contributed by atoms with van der Waals surface area (Å²) in [5.41, 5.74) is 0.134. The van der Waals surface area contributed by atoms with Gasteiger partial charge < -0.3 is 4.74 Å². The smallest absolute Gasteiger partial charge is 0.343 e. The van der Waals surface area contributed by atoms with Crippen LogP contribution in [0.1, 0.15) is 17.3 Å². The van der Waals surface area contributed by atoms with Gasteiger partial charge in [-0.3, -0.25) is 4.57 Å². The first-order chi connectivity index (χ1) is 9.15. The lowest BCUT2D eigenvalue weighted by molar-refractivity contribution is 0.0600. The van der Waals surface area contributed by atoms with Crippen molar-refractivity contribution >= 4 is 17.7 Å². The maximum absolute atomic E-state index is 11.4. The van der Waals surface area contributed by atoms with Crippen molar-refractivity contribution in [3.8, 4) is 0 Å². The summed E-state index contributed by atoms with van der Waals surface area (Å²) in [5.74, 6) is -0.431. The van der Waals surface area contributed by atoms with Crippen LogP contribution in [0.3, 0.4) is 0 Å². The third kappa shape index (κ3) is 2.84. The van der Waals surface area contributed by atoms with E-state index in [1.54, 1.807) is 12.1 Å². The summed E-state index contributed by atoms with van der Waals surface area (Å²) in [7, 11) is 1.32. The molecule has 2 aromatic heterocycles. The van der Waals surface area contributed by atoms with E-state index < -0.39 is 5.97 Å². The second-order valence-electron chi connectivity index (χ2n) is 3.53. The highest BCUT2D eigenvalue weighted by atomic mass is 32.2. The molecule has 0 amide bonds. The predicted octanol–water partition coefficient (Wildman–Crippen LogP) is 0.924. The third-order valence-electron chi connectivity index (χ3n) is 2.39. The fraction of sp³-hybridized carbons (Fsp3) is 0.273. The zero-order chi connectivity index (χ0) is 13.8. The summed E-state index contributed by atoms with van der Waals surface area (Å²) in [6.07, 6.45) is 1.51. The summed E-state index contributed by atoms with van der Waals surface area (Å²) >= 11 is 1.20. The maximum atomic E-state index is 11.4. The molecule has 0 aliphatic carbocycles. The van der Waals surface area contributed by atoms with Crippen molar-refractivity contribution in [2.75, 3.05) is 7.11 Å². The molecule has 19 heavy (non-hydrogen) atoms. The fourth-order valence-electron chi connectivity index (χ4n) is 1.46. The number of ether oxygens (including phenoxy) is 1. The average molecular weight is 280 g/mol. The molecule has 0 saturated carbocycles. The number of hydrogen-bond donors (Lipinski definition) is 1. The summed E-state index contributed by atoms with van der Waals surface area (Å²) in [4.78, 5) is 27.0. The molecule has 8 heteroatoms. The molecule has 0 saturated heterocycles. The van der Waals surface area contributed by atoms with Gasteiger partial charge >= 0.3 is 11.7 Å². The highest BCUT2D eigenvalue weighted by Gasteiger charge is 2.11. The van der Waals surface area contributed by atoms with Crippen LogP contribution in [-0.4, -0.2) is 32.8 Å². The third-order valence-corrected chi connectivity index (χ3v) is 3.32. The number of methoxy groups -OCH3 is 1. The van der Waals surface area contributed by atoms with Crippen LogP contribution in [0.4, 0.5) is 0 Å². The van der Waals surface area contributed by atoms with Crippen molar-refractivity contribution in [3.05, 3.63) is 34.4 Å². The van der Waals surface area contributed by atoms with Gasteiger partial charge in [-0.25, -0.2) is 19.7 Å². The van der Waals surface area contributed by atoms with Gasteiger partial charge in [0.05, 0.1) is 12.7 Å². The molecule has 0 aliphatic heterocycles. The number of aromatic amines is 1. The molecule has 0 aliphatic rings. The minimum Gasteiger partial charge on any atom is -0.465 e. The monoisotopic (exact) mass is 280 g/mol. The van der Waals surface area contributed by atoms with E-state index in [-0.39, 0.29) is 5.69 Å². The van der Waals surface area contributed by atoms with Gasteiger partial charge in [0.15, 0.2) is 5.16 Å². The Bertz CT molecular complexity index is 649. The van der Waals surface area contributed by atoms with Gasteiger partial charge in [0.2, 0.25) is 0 Å². The number of rotatable bonds is 4. The number of carbonyl (C=O) groups excluding carboxylic acids is 1. The zero-order valence-corrected chi connectivity index (χ0v) is 11.2. The molecule has 0 atom stereocenters. The Labute approximate surface area is 113 Å². The first-order valence-corrected chi connectivity index (χ1v) is 6.34. The molecule has 0 unspecified atom stereocenters.